The fourth-order valence-electron chi connectivity index (χ4n) is 1.75. The molecule has 0 saturated heterocycles. The van der Waals surface area contributed by atoms with Crippen LogP contribution in [0.25, 0.3) is 0 Å². The standard InChI is InChI=1S/C10H13BrO2/c1-7(12)10(2-3-10)5-8-4-9(11)13-6-8/h4,6-7,12H,2-3,5H2,1H3. The molecule has 1 saturated carbocycles. The summed E-state index contributed by atoms with van der Waals surface area (Å²) in [6, 6.07) is 1.97. The lowest BCUT2D eigenvalue weighted by Gasteiger charge is -2.16. The highest BCUT2D eigenvalue weighted by Gasteiger charge is 2.46. The van der Waals surface area contributed by atoms with E-state index in [1.165, 1.54) is 5.56 Å². The highest BCUT2D eigenvalue weighted by molar-refractivity contribution is 9.10. The molecular formula is C10H13BrO2. The van der Waals surface area contributed by atoms with E-state index in [-0.39, 0.29) is 11.5 Å². The number of halogens is 1. The monoisotopic (exact) mass is 244 g/mol. The molecule has 1 aliphatic rings. The third-order valence-electron chi connectivity index (χ3n) is 2.96. The van der Waals surface area contributed by atoms with Crippen molar-refractivity contribution >= 4 is 15.9 Å². The number of hydrogen-bond acceptors (Lipinski definition) is 2. The number of rotatable bonds is 3. The topological polar surface area (TPSA) is 33.4 Å². The van der Waals surface area contributed by atoms with Gasteiger partial charge in [-0.2, -0.15) is 0 Å². The van der Waals surface area contributed by atoms with E-state index in [0.29, 0.717) is 0 Å². The average molecular weight is 245 g/mol. The first-order valence-electron chi connectivity index (χ1n) is 4.53. The SMILES string of the molecule is CC(O)C1(Cc2coc(Br)c2)CC1. The van der Waals surface area contributed by atoms with Crippen LogP contribution in [0.4, 0.5) is 0 Å². The summed E-state index contributed by atoms with van der Waals surface area (Å²) in [5.74, 6) is 0. The Balaban J connectivity index is 2.06. The Kier molecular flexibility index (Phi) is 2.24. The average Bonchev–Trinajstić information content (AvgIpc) is 2.72. The summed E-state index contributed by atoms with van der Waals surface area (Å²) in [5, 5.41) is 9.57. The molecular weight excluding hydrogens is 232 g/mol. The summed E-state index contributed by atoms with van der Waals surface area (Å²) in [6.07, 6.45) is 4.74. The van der Waals surface area contributed by atoms with Gasteiger partial charge in [-0.15, -0.1) is 0 Å². The molecule has 1 aromatic heterocycles. The second-order valence-electron chi connectivity index (χ2n) is 3.97. The van der Waals surface area contributed by atoms with Crippen molar-refractivity contribution in [1.82, 2.24) is 0 Å². The normalized spacial score (nSPS) is 21.5. The first-order valence-corrected chi connectivity index (χ1v) is 5.33. The third-order valence-corrected chi connectivity index (χ3v) is 3.37. The van der Waals surface area contributed by atoms with Crippen LogP contribution in [0.5, 0.6) is 0 Å². The minimum Gasteiger partial charge on any atom is -0.457 e. The fraction of sp³-hybridized carbons (Fsp3) is 0.600. The maximum Gasteiger partial charge on any atom is 0.169 e. The van der Waals surface area contributed by atoms with Crippen molar-refractivity contribution in [1.29, 1.82) is 0 Å². The van der Waals surface area contributed by atoms with Crippen LogP contribution in [-0.2, 0) is 6.42 Å². The van der Waals surface area contributed by atoms with Gasteiger partial charge in [-0.25, -0.2) is 0 Å². The zero-order valence-electron chi connectivity index (χ0n) is 7.59. The van der Waals surface area contributed by atoms with Crippen LogP contribution in [0.1, 0.15) is 25.3 Å². The first kappa shape index (κ1) is 9.28. The molecule has 0 aliphatic heterocycles. The second kappa shape index (κ2) is 3.14. The van der Waals surface area contributed by atoms with Crippen LogP contribution < -0.4 is 0 Å². The van der Waals surface area contributed by atoms with E-state index in [0.717, 1.165) is 23.9 Å². The molecule has 1 heterocycles. The lowest BCUT2D eigenvalue weighted by Crippen LogP contribution is -2.20. The van der Waals surface area contributed by atoms with Gasteiger partial charge in [0.05, 0.1) is 12.4 Å². The summed E-state index contributed by atoms with van der Waals surface area (Å²) in [6.45, 7) is 1.88. The minimum absolute atomic E-state index is 0.142. The lowest BCUT2D eigenvalue weighted by molar-refractivity contribution is 0.110. The highest BCUT2D eigenvalue weighted by Crippen LogP contribution is 2.51. The van der Waals surface area contributed by atoms with E-state index in [1.807, 2.05) is 13.0 Å². The maximum atomic E-state index is 9.57. The summed E-state index contributed by atoms with van der Waals surface area (Å²) in [5.41, 5.74) is 1.31. The number of aliphatic hydroxyl groups excluding tert-OH is 1. The van der Waals surface area contributed by atoms with Gasteiger partial charge in [-0.3, -0.25) is 0 Å². The van der Waals surface area contributed by atoms with Crippen molar-refractivity contribution in [2.75, 3.05) is 0 Å². The van der Waals surface area contributed by atoms with E-state index >= 15 is 0 Å². The van der Waals surface area contributed by atoms with Gasteiger partial charge in [0, 0.05) is 5.41 Å². The predicted octanol–water partition coefficient (Wildman–Crippen LogP) is 2.75. The van der Waals surface area contributed by atoms with Gasteiger partial charge in [0.2, 0.25) is 0 Å². The highest BCUT2D eigenvalue weighted by atomic mass is 79.9. The minimum atomic E-state index is -0.207. The van der Waals surface area contributed by atoms with Crippen molar-refractivity contribution in [2.45, 2.75) is 32.3 Å². The van der Waals surface area contributed by atoms with E-state index in [4.69, 9.17) is 4.42 Å². The molecule has 0 aromatic carbocycles. The van der Waals surface area contributed by atoms with E-state index in [2.05, 4.69) is 15.9 Å². The molecule has 2 rings (SSSR count). The van der Waals surface area contributed by atoms with Gasteiger partial charge in [0.1, 0.15) is 0 Å². The molecule has 0 radical (unpaired) electrons. The molecule has 0 bridgehead atoms. The van der Waals surface area contributed by atoms with Gasteiger partial charge >= 0.3 is 0 Å². The molecule has 0 amide bonds. The molecule has 72 valence electrons. The largest absolute Gasteiger partial charge is 0.457 e. The first-order chi connectivity index (χ1) is 6.12. The van der Waals surface area contributed by atoms with E-state index in [1.54, 1.807) is 6.26 Å². The molecule has 1 N–H and O–H groups in total. The Bertz CT molecular complexity index is 300. The Morgan fingerprint density at radius 2 is 2.38 bits per heavy atom. The number of hydrogen-bond donors (Lipinski definition) is 1. The summed E-state index contributed by atoms with van der Waals surface area (Å²) >= 11 is 3.27. The van der Waals surface area contributed by atoms with Crippen LogP contribution in [0, 0.1) is 5.41 Å². The summed E-state index contributed by atoms with van der Waals surface area (Å²) in [7, 11) is 0. The Labute approximate surface area is 86.1 Å². The van der Waals surface area contributed by atoms with Crippen molar-refractivity contribution < 1.29 is 9.52 Å². The van der Waals surface area contributed by atoms with Crippen molar-refractivity contribution in [3.8, 4) is 0 Å². The number of furan rings is 1. The molecule has 2 nitrogen and oxygen atoms in total. The Hall–Kier alpha value is -0.280. The molecule has 0 spiro atoms. The second-order valence-corrected chi connectivity index (χ2v) is 4.76. The lowest BCUT2D eigenvalue weighted by atomic mass is 9.93. The molecule has 1 aliphatic carbocycles. The van der Waals surface area contributed by atoms with Crippen molar-refractivity contribution in [3.05, 3.63) is 22.6 Å². The zero-order chi connectivity index (χ0) is 9.47. The molecule has 1 aromatic rings. The van der Waals surface area contributed by atoms with Crippen LogP contribution in [0.3, 0.4) is 0 Å². The maximum absolute atomic E-state index is 9.57. The van der Waals surface area contributed by atoms with Crippen molar-refractivity contribution in [3.63, 3.8) is 0 Å². The molecule has 3 heteroatoms. The van der Waals surface area contributed by atoms with E-state index < -0.39 is 0 Å². The van der Waals surface area contributed by atoms with Gasteiger partial charge in [-0.05, 0) is 53.7 Å². The fourth-order valence-corrected chi connectivity index (χ4v) is 2.14. The van der Waals surface area contributed by atoms with Gasteiger partial charge < -0.3 is 9.52 Å². The Morgan fingerprint density at radius 1 is 1.69 bits per heavy atom. The molecule has 1 unspecified atom stereocenters. The summed E-state index contributed by atoms with van der Waals surface area (Å²) in [4.78, 5) is 0. The third kappa shape index (κ3) is 1.81. The predicted molar refractivity (Wildman–Crippen MR) is 53.5 cm³/mol. The van der Waals surface area contributed by atoms with Crippen molar-refractivity contribution in [2.24, 2.45) is 5.41 Å². The van der Waals surface area contributed by atoms with Gasteiger partial charge in [0.25, 0.3) is 0 Å². The van der Waals surface area contributed by atoms with Crippen LogP contribution >= 0.6 is 15.9 Å². The molecule has 13 heavy (non-hydrogen) atoms. The Morgan fingerprint density at radius 3 is 2.77 bits per heavy atom. The number of aliphatic hydroxyl groups is 1. The van der Waals surface area contributed by atoms with Crippen LogP contribution in [0.2, 0.25) is 0 Å². The quantitative estimate of drug-likeness (QED) is 0.888. The summed E-state index contributed by atoms with van der Waals surface area (Å²) < 4.78 is 5.92. The van der Waals surface area contributed by atoms with Gasteiger partial charge in [0.15, 0.2) is 4.67 Å². The van der Waals surface area contributed by atoms with Gasteiger partial charge in [-0.1, -0.05) is 0 Å². The van der Waals surface area contributed by atoms with E-state index in [9.17, 15) is 5.11 Å². The van der Waals surface area contributed by atoms with Crippen LogP contribution in [0.15, 0.2) is 21.4 Å². The van der Waals surface area contributed by atoms with Crippen LogP contribution in [-0.4, -0.2) is 11.2 Å². The molecule has 1 fully saturated rings. The molecule has 1 atom stereocenters. The smallest absolute Gasteiger partial charge is 0.169 e. The zero-order valence-corrected chi connectivity index (χ0v) is 9.17.